The van der Waals surface area contributed by atoms with Crippen LogP contribution in [0.5, 0.6) is 11.5 Å². The molecule has 2 heterocycles. The van der Waals surface area contributed by atoms with Gasteiger partial charge in [-0.2, -0.15) is 4.98 Å². The molecule has 1 aromatic carbocycles. The van der Waals surface area contributed by atoms with Crippen molar-refractivity contribution in [1.29, 1.82) is 0 Å². The van der Waals surface area contributed by atoms with Crippen molar-refractivity contribution in [2.45, 2.75) is 0 Å². The lowest BCUT2D eigenvalue weighted by molar-refractivity contribution is 0.451. The van der Waals surface area contributed by atoms with Crippen molar-refractivity contribution >= 4 is 5.95 Å². The molecule has 100 valence electrons. The fourth-order valence-electron chi connectivity index (χ4n) is 2.12. The predicted molar refractivity (Wildman–Crippen MR) is 70.2 cm³/mol. The van der Waals surface area contributed by atoms with Crippen molar-refractivity contribution in [1.82, 2.24) is 20.5 Å². The lowest BCUT2D eigenvalue weighted by Crippen LogP contribution is -2.44. The van der Waals surface area contributed by atoms with E-state index in [1.54, 1.807) is 0 Å². The zero-order valence-electron chi connectivity index (χ0n) is 10.3. The van der Waals surface area contributed by atoms with E-state index in [1.807, 2.05) is 0 Å². The Labute approximate surface area is 109 Å². The van der Waals surface area contributed by atoms with Crippen molar-refractivity contribution < 1.29 is 10.2 Å². The van der Waals surface area contributed by atoms with E-state index in [-0.39, 0.29) is 11.5 Å². The van der Waals surface area contributed by atoms with E-state index in [2.05, 4.69) is 25.4 Å². The van der Waals surface area contributed by atoms with Crippen LogP contribution < -0.4 is 10.2 Å². The first kappa shape index (κ1) is 11.8. The number of rotatable bonds is 2. The maximum atomic E-state index is 9.47. The standard InChI is InChI=1S/C12H15N5O2/c18-9-5-8(6-10(19)7-9)11-14-12(16-15-11)17-3-1-13-2-4-17/h5-7,13,18-19H,1-4H2,(H,14,15,16). The van der Waals surface area contributed by atoms with Crippen molar-refractivity contribution in [2.24, 2.45) is 0 Å². The van der Waals surface area contributed by atoms with Gasteiger partial charge in [-0.25, -0.2) is 0 Å². The first-order chi connectivity index (χ1) is 9.22. The van der Waals surface area contributed by atoms with E-state index in [0.29, 0.717) is 17.3 Å². The van der Waals surface area contributed by atoms with Crippen LogP contribution in [-0.4, -0.2) is 51.6 Å². The number of H-pyrrole nitrogens is 1. The molecule has 1 aromatic heterocycles. The van der Waals surface area contributed by atoms with E-state index in [1.165, 1.54) is 18.2 Å². The highest BCUT2D eigenvalue weighted by atomic mass is 16.3. The van der Waals surface area contributed by atoms with Gasteiger partial charge in [0.15, 0.2) is 5.82 Å². The Kier molecular flexibility index (Phi) is 2.96. The average Bonchev–Trinajstić information content (AvgIpc) is 2.88. The van der Waals surface area contributed by atoms with E-state index in [4.69, 9.17) is 0 Å². The zero-order valence-corrected chi connectivity index (χ0v) is 10.3. The third kappa shape index (κ3) is 2.45. The smallest absolute Gasteiger partial charge is 0.245 e. The highest BCUT2D eigenvalue weighted by Crippen LogP contribution is 2.27. The zero-order chi connectivity index (χ0) is 13.2. The Morgan fingerprint density at radius 1 is 1.05 bits per heavy atom. The predicted octanol–water partition coefficient (Wildman–Crippen LogP) is 0.292. The van der Waals surface area contributed by atoms with Crippen LogP contribution in [0.25, 0.3) is 11.4 Å². The highest BCUT2D eigenvalue weighted by molar-refractivity contribution is 5.61. The van der Waals surface area contributed by atoms with E-state index >= 15 is 0 Å². The third-order valence-corrected chi connectivity index (χ3v) is 3.05. The SMILES string of the molecule is Oc1cc(O)cc(-c2nc(N3CCNCC3)n[nH]2)c1. The number of anilines is 1. The van der Waals surface area contributed by atoms with E-state index in [9.17, 15) is 10.2 Å². The van der Waals surface area contributed by atoms with Gasteiger partial charge in [-0.15, -0.1) is 5.10 Å². The topological polar surface area (TPSA) is 97.3 Å². The Balaban J connectivity index is 1.87. The average molecular weight is 261 g/mol. The Morgan fingerprint density at radius 2 is 1.74 bits per heavy atom. The first-order valence-corrected chi connectivity index (χ1v) is 6.14. The molecule has 0 unspecified atom stereocenters. The van der Waals surface area contributed by atoms with Crippen LogP contribution in [-0.2, 0) is 0 Å². The molecule has 0 bridgehead atoms. The molecular formula is C12H15N5O2. The molecule has 1 saturated heterocycles. The number of piperazine rings is 1. The highest BCUT2D eigenvalue weighted by Gasteiger charge is 2.16. The van der Waals surface area contributed by atoms with Gasteiger partial charge in [-0.1, -0.05) is 0 Å². The number of nitrogens with zero attached hydrogens (tertiary/aromatic N) is 3. The number of phenolic OH excluding ortho intramolecular Hbond substituents is 2. The molecule has 0 amide bonds. The summed E-state index contributed by atoms with van der Waals surface area (Å²) in [7, 11) is 0. The third-order valence-electron chi connectivity index (χ3n) is 3.05. The van der Waals surface area contributed by atoms with Crippen LogP contribution >= 0.6 is 0 Å². The van der Waals surface area contributed by atoms with E-state index in [0.717, 1.165) is 26.2 Å². The molecule has 19 heavy (non-hydrogen) atoms. The molecule has 2 aromatic rings. The van der Waals surface area contributed by atoms with Gasteiger partial charge in [0.25, 0.3) is 0 Å². The molecule has 1 fully saturated rings. The number of aromatic hydroxyl groups is 2. The number of aromatic amines is 1. The second-order valence-corrected chi connectivity index (χ2v) is 4.46. The quantitative estimate of drug-likeness (QED) is 0.620. The van der Waals surface area contributed by atoms with Gasteiger partial charge in [0.1, 0.15) is 11.5 Å². The van der Waals surface area contributed by atoms with Gasteiger partial charge in [-0.3, -0.25) is 5.10 Å². The summed E-state index contributed by atoms with van der Waals surface area (Å²) in [5.74, 6) is 1.16. The summed E-state index contributed by atoms with van der Waals surface area (Å²) in [6.07, 6.45) is 0. The molecule has 7 nitrogen and oxygen atoms in total. The van der Waals surface area contributed by atoms with Crippen LogP contribution in [0, 0.1) is 0 Å². The number of hydrogen-bond acceptors (Lipinski definition) is 6. The lowest BCUT2D eigenvalue weighted by Gasteiger charge is -2.25. The second-order valence-electron chi connectivity index (χ2n) is 4.46. The van der Waals surface area contributed by atoms with Crippen molar-refractivity contribution in [3.05, 3.63) is 18.2 Å². The van der Waals surface area contributed by atoms with Crippen LogP contribution in [0.2, 0.25) is 0 Å². The van der Waals surface area contributed by atoms with Crippen molar-refractivity contribution in [2.75, 3.05) is 31.1 Å². The summed E-state index contributed by atoms with van der Waals surface area (Å²) in [6.45, 7) is 3.55. The molecule has 7 heteroatoms. The number of aromatic nitrogens is 3. The van der Waals surface area contributed by atoms with Gasteiger partial charge in [-0.05, 0) is 12.1 Å². The maximum absolute atomic E-state index is 9.47. The van der Waals surface area contributed by atoms with Crippen LogP contribution in [0.3, 0.4) is 0 Å². The molecule has 3 rings (SSSR count). The molecule has 0 spiro atoms. The molecule has 1 aliphatic rings. The van der Waals surface area contributed by atoms with Gasteiger partial charge in [0.05, 0.1) is 0 Å². The summed E-state index contributed by atoms with van der Waals surface area (Å²) in [5.41, 5.74) is 0.603. The number of benzene rings is 1. The Bertz CT molecular complexity index is 557. The van der Waals surface area contributed by atoms with Crippen LogP contribution in [0.1, 0.15) is 0 Å². The minimum atomic E-state index is -0.00452. The molecule has 4 N–H and O–H groups in total. The van der Waals surface area contributed by atoms with Gasteiger partial charge in [0.2, 0.25) is 5.95 Å². The fraction of sp³-hybridized carbons (Fsp3) is 0.333. The number of phenols is 2. The second kappa shape index (κ2) is 4.77. The molecule has 0 atom stereocenters. The number of nitrogens with one attached hydrogen (secondary N) is 2. The first-order valence-electron chi connectivity index (χ1n) is 6.14. The Hall–Kier alpha value is -2.28. The molecule has 0 saturated carbocycles. The van der Waals surface area contributed by atoms with Gasteiger partial charge in [0, 0.05) is 37.8 Å². The van der Waals surface area contributed by atoms with Gasteiger partial charge < -0.3 is 20.4 Å². The molecule has 0 aliphatic carbocycles. The largest absolute Gasteiger partial charge is 0.508 e. The van der Waals surface area contributed by atoms with E-state index < -0.39 is 0 Å². The minimum absolute atomic E-state index is 0.00452. The monoisotopic (exact) mass is 261 g/mol. The summed E-state index contributed by atoms with van der Waals surface area (Å²) in [6, 6.07) is 4.33. The molecular weight excluding hydrogens is 246 g/mol. The van der Waals surface area contributed by atoms with Crippen molar-refractivity contribution in [3.8, 4) is 22.9 Å². The molecule has 1 aliphatic heterocycles. The summed E-state index contributed by atoms with van der Waals surface area (Å²) < 4.78 is 0. The summed E-state index contributed by atoms with van der Waals surface area (Å²) in [5, 5.41) is 29.2. The maximum Gasteiger partial charge on any atom is 0.245 e. The van der Waals surface area contributed by atoms with Gasteiger partial charge >= 0.3 is 0 Å². The minimum Gasteiger partial charge on any atom is -0.508 e. The molecule has 0 radical (unpaired) electrons. The lowest BCUT2D eigenvalue weighted by atomic mass is 10.2. The summed E-state index contributed by atoms with van der Waals surface area (Å²) >= 11 is 0. The number of hydrogen-bond donors (Lipinski definition) is 4. The normalized spacial score (nSPS) is 15.7. The Morgan fingerprint density at radius 3 is 2.42 bits per heavy atom. The van der Waals surface area contributed by atoms with Crippen LogP contribution in [0.4, 0.5) is 5.95 Å². The van der Waals surface area contributed by atoms with Crippen molar-refractivity contribution in [3.63, 3.8) is 0 Å². The van der Waals surface area contributed by atoms with Crippen LogP contribution in [0.15, 0.2) is 18.2 Å². The fourth-order valence-corrected chi connectivity index (χ4v) is 2.12. The summed E-state index contributed by atoms with van der Waals surface area (Å²) in [4.78, 5) is 6.48.